The first-order valence-corrected chi connectivity index (χ1v) is 0.400. The minimum absolute atomic E-state index is 0. The van der Waals surface area contributed by atoms with Crippen LogP contribution >= 0.6 is 0 Å². The summed E-state index contributed by atoms with van der Waals surface area (Å²) in [6.07, 6.45) is 0. The minimum atomic E-state index is 0. The van der Waals surface area contributed by atoms with Crippen LogP contribution in [0.15, 0.2) is 0 Å². The van der Waals surface area contributed by atoms with E-state index in [4.69, 9.17) is 11.1 Å². The summed E-state index contributed by atoms with van der Waals surface area (Å²) in [5, 5.41) is 0. The van der Waals surface area contributed by atoms with E-state index < -0.39 is 0 Å². The van der Waals surface area contributed by atoms with Crippen molar-refractivity contribution in [1.82, 2.24) is 0 Å². The van der Waals surface area contributed by atoms with Gasteiger partial charge in [-0.25, -0.2) is 0 Å². The largest absolute Gasteiger partial charge is 1.00 e. The predicted octanol–water partition coefficient (Wildman–Crippen LogP) is -5.01. The van der Waals surface area contributed by atoms with Crippen molar-refractivity contribution in [3.05, 3.63) is 16.0 Å². The summed E-state index contributed by atoms with van der Waals surface area (Å²) in [4.78, 5) is 1.50. The number of hydrogen-bond acceptors (Lipinski definition) is 0. The van der Waals surface area contributed by atoms with E-state index in [1.807, 2.05) is 0 Å². The first kappa shape index (κ1) is 16.2. The Morgan fingerprint density at radius 1 is 1.20 bits per heavy atom. The Bertz CT molecular complexity index is 29.8. The van der Waals surface area contributed by atoms with Crippen LogP contribution in [-0.4, -0.2) is 0 Å². The van der Waals surface area contributed by atoms with Gasteiger partial charge in [0.1, 0.15) is 0 Å². The van der Waals surface area contributed by atoms with E-state index in [1.54, 1.807) is 0 Å². The molecule has 0 aliphatic carbocycles. The molecule has 0 heterocycles. The van der Waals surface area contributed by atoms with E-state index in [0.29, 0.717) is 0 Å². The summed E-state index contributed by atoms with van der Waals surface area (Å²) in [6, 6.07) is 0. The van der Waals surface area contributed by atoms with E-state index in [2.05, 4.69) is 0 Å². The van der Waals surface area contributed by atoms with Gasteiger partial charge in [-0.2, -0.15) is 0 Å². The molecule has 0 saturated heterocycles. The van der Waals surface area contributed by atoms with E-state index in [1.165, 1.54) is 4.91 Å². The fraction of sp³-hybridized carbons (Fsp3) is 0. The number of rotatable bonds is 0. The van der Waals surface area contributed by atoms with Crippen molar-refractivity contribution in [3.63, 3.8) is 0 Å². The van der Waals surface area contributed by atoms with Crippen LogP contribution in [0.4, 0.5) is 0 Å². The molecule has 5 heavy (non-hydrogen) atoms. The number of nitrogens with zero attached hydrogens (tertiary/aromatic N) is 3. The molecule has 0 aromatic rings. The fourth-order valence-corrected chi connectivity index (χ4v) is 0. The predicted molar refractivity (Wildman–Crippen MR) is 11.2 cm³/mol. The first-order valence-electron chi connectivity index (χ1n) is 0.400. The second kappa shape index (κ2) is 18.5. The summed E-state index contributed by atoms with van der Waals surface area (Å²) in [6.45, 7) is 0. The molecular formula is HN3Na2. The van der Waals surface area contributed by atoms with Crippen molar-refractivity contribution in [1.29, 1.82) is 0 Å². The molecule has 0 bridgehead atoms. The van der Waals surface area contributed by atoms with Gasteiger partial charge >= 0.3 is 59.1 Å². The van der Waals surface area contributed by atoms with Crippen LogP contribution in [0.2, 0.25) is 0 Å². The molecule has 0 spiro atoms. The van der Waals surface area contributed by atoms with Gasteiger partial charge in [0.05, 0.1) is 0 Å². The van der Waals surface area contributed by atoms with Gasteiger partial charge in [0, 0.05) is 0 Å². The van der Waals surface area contributed by atoms with Gasteiger partial charge in [-0.1, -0.05) is 0 Å². The van der Waals surface area contributed by atoms with Crippen LogP contribution in [0.5, 0.6) is 0 Å². The van der Waals surface area contributed by atoms with E-state index >= 15 is 0 Å². The Labute approximate surface area is 75.6 Å². The van der Waals surface area contributed by atoms with Crippen LogP contribution in [0.3, 0.4) is 0 Å². The van der Waals surface area contributed by atoms with E-state index in [9.17, 15) is 0 Å². The van der Waals surface area contributed by atoms with Gasteiger partial charge in [0.2, 0.25) is 0 Å². The first-order chi connectivity index (χ1) is 1.41. The number of hydrogen-bond donors (Lipinski definition) is 0. The van der Waals surface area contributed by atoms with Crippen molar-refractivity contribution in [2.45, 2.75) is 0 Å². The normalized spacial score (nSPS) is 1.60. The Morgan fingerprint density at radius 2 is 1.20 bits per heavy atom. The molecule has 5 heteroatoms. The Hall–Kier alpha value is 1.31. The summed E-state index contributed by atoms with van der Waals surface area (Å²) >= 11 is 0. The van der Waals surface area contributed by atoms with Gasteiger partial charge in [0.15, 0.2) is 0 Å². The summed E-state index contributed by atoms with van der Waals surface area (Å²) in [5.74, 6) is 0. The second-order valence-corrected chi connectivity index (χ2v) is 0.0894. The zero-order chi connectivity index (χ0) is 2.71. The molecule has 0 aromatic heterocycles. The molecule has 0 rings (SSSR count). The van der Waals surface area contributed by atoms with Crippen molar-refractivity contribution in [3.8, 4) is 0 Å². The zero-order valence-electron chi connectivity index (χ0n) is 4.34. The van der Waals surface area contributed by atoms with Crippen molar-refractivity contribution >= 4 is 0 Å². The monoisotopic (exact) mass is 89.0 g/mol. The molecule has 0 aromatic carbocycles. The van der Waals surface area contributed by atoms with Crippen LogP contribution in [0, 0.1) is 0 Å². The summed E-state index contributed by atoms with van der Waals surface area (Å²) in [7, 11) is 0. The van der Waals surface area contributed by atoms with Gasteiger partial charge in [-0.15, -0.1) is 0 Å². The smallest absolute Gasteiger partial charge is 1.00 e. The molecule has 0 aliphatic heterocycles. The Morgan fingerprint density at radius 3 is 1.20 bits per heavy atom. The molecule has 0 unspecified atom stereocenters. The molecular weight excluding hydrogens is 88.0 g/mol. The standard InChI is InChI=1S/N3.2Na.H/c1-3-2;;;/q-1;2*+1;-1. The van der Waals surface area contributed by atoms with Crippen LogP contribution in [-0.2, 0) is 0 Å². The Kier molecular flexibility index (Phi) is 60.0. The average molecular weight is 89.0 g/mol. The van der Waals surface area contributed by atoms with Gasteiger partial charge in [-0.3, -0.25) is 4.91 Å². The topological polar surface area (TPSA) is 58.7 Å². The molecule has 0 amide bonds. The van der Waals surface area contributed by atoms with Gasteiger partial charge < -0.3 is 12.5 Å². The molecule has 0 atom stereocenters. The fourth-order valence-electron chi connectivity index (χ4n) is 0. The zero-order valence-corrected chi connectivity index (χ0v) is 7.34. The molecule has 0 saturated carbocycles. The maximum Gasteiger partial charge on any atom is 1.00 e. The molecule has 0 radical (unpaired) electrons. The molecule has 0 N–H and O–H groups in total. The maximum atomic E-state index is 6.75. The van der Waals surface area contributed by atoms with Crippen LogP contribution < -0.4 is 59.1 Å². The average Bonchev–Trinajstić information content (AvgIpc) is 0.918. The van der Waals surface area contributed by atoms with Crippen LogP contribution in [0.25, 0.3) is 16.0 Å². The minimum Gasteiger partial charge on any atom is -1.00 e. The summed E-state index contributed by atoms with van der Waals surface area (Å²) in [5.41, 5.74) is 13.5. The Balaban J connectivity index is -0.00000000667. The molecule has 18 valence electrons. The molecule has 0 aliphatic rings. The quantitative estimate of drug-likeness (QED) is 0.123. The van der Waals surface area contributed by atoms with Crippen molar-refractivity contribution in [2.24, 2.45) is 0 Å². The van der Waals surface area contributed by atoms with Crippen molar-refractivity contribution < 1.29 is 60.5 Å². The third kappa shape index (κ3) is 33.9. The SMILES string of the molecule is [H-].[N-]=[N+]=[N-].[Na+].[Na+]. The van der Waals surface area contributed by atoms with E-state index in [-0.39, 0.29) is 60.5 Å². The molecule has 3 nitrogen and oxygen atoms in total. The van der Waals surface area contributed by atoms with Gasteiger partial charge in [-0.05, 0) is 0 Å². The third-order valence-electron chi connectivity index (χ3n) is 0. The van der Waals surface area contributed by atoms with Gasteiger partial charge in [0.25, 0.3) is 0 Å². The van der Waals surface area contributed by atoms with E-state index in [0.717, 1.165) is 0 Å². The molecule has 0 fully saturated rings. The maximum absolute atomic E-state index is 6.75. The second-order valence-electron chi connectivity index (χ2n) is 0.0894. The van der Waals surface area contributed by atoms with Crippen molar-refractivity contribution in [2.75, 3.05) is 0 Å². The third-order valence-corrected chi connectivity index (χ3v) is 0. The van der Waals surface area contributed by atoms with Crippen LogP contribution in [0.1, 0.15) is 1.43 Å². The summed E-state index contributed by atoms with van der Waals surface area (Å²) < 4.78 is 0.